The molecule has 0 aliphatic heterocycles. The summed E-state index contributed by atoms with van der Waals surface area (Å²) in [6, 6.07) is 0. The number of methoxy groups -OCH3 is 1. The molecular formula is C9H10N4O2. The smallest absolute Gasteiger partial charge is 0.341 e. The van der Waals surface area contributed by atoms with Crippen LogP contribution in [0.25, 0.3) is 5.82 Å². The first-order valence-electron chi connectivity index (χ1n) is 4.32. The molecule has 6 heteroatoms. The molecule has 0 atom stereocenters. The Morgan fingerprint density at radius 2 is 2.27 bits per heavy atom. The second-order valence-electron chi connectivity index (χ2n) is 3.06. The van der Waals surface area contributed by atoms with Crippen molar-refractivity contribution in [3.63, 3.8) is 0 Å². The predicted molar refractivity (Wildman–Crippen MR) is 51.7 cm³/mol. The summed E-state index contributed by atoms with van der Waals surface area (Å²) < 4.78 is 7.89. The summed E-state index contributed by atoms with van der Waals surface area (Å²) >= 11 is 0. The molecule has 0 radical (unpaired) electrons. The Balaban J connectivity index is 2.31. The summed E-state index contributed by atoms with van der Waals surface area (Å²) in [5, 5.41) is 4.01. The van der Waals surface area contributed by atoms with Crippen LogP contribution in [-0.2, 0) is 11.8 Å². The summed E-state index contributed by atoms with van der Waals surface area (Å²) in [5.41, 5.74) is 0.406. The standard InChI is InChI=1S/C9H10N4O2/c1-12-5-8(10-6-12)13-4-7(3-11-13)9(14)15-2/h3-6H,1-2H3. The van der Waals surface area contributed by atoms with Gasteiger partial charge in [0.25, 0.3) is 0 Å². The van der Waals surface area contributed by atoms with Gasteiger partial charge in [-0.25, -0.2) is 14.5 Å². The first-order chi connectivity index (χ1) is 7.20. The quantitative estimate of drug-likeness (QED) is 0.667. The molecule has 0 aliphatic carbocycles. The highest BCUT2D eigenvalue weighted by Gasteiger charge is 2.09. The van der Waals surface area contributed by atoms with Gasteiger partial charge in [0.15, 0.2) is 5.82 Å². The van der Waals surface area contributed by atoms with Crippen molar-refractivity contribution in [3.05, 3.63) is 30.5 Å². The third-order valence-electron chi connectivity index (χ3n) is 1.93. The maximum Gasteiger partial charge on any atom is 0.341 e. The molecule has 0 saturated heterocycles. The molecule has 0 saturated carbocycles. The molecule has 78 valence electrons. The fraction of sp³-hybridized carbons (Fsp3) is 0.222. The molecule has 0 fully saturated rings. The van der Waals surface area contributed by atoms with Crippen LogP contribution in [0.3, 0.4) is 0 Å². The molecule has 2 heterocycles. The van der Waals surface area contributed by atoms with E-state index < -0.39 is 5.97 Å². The molecular weight excluding hydrogens is 196 g/mol. The van der Waals surface area contributed by atoms with Crippen LogP contribution in [0, 0.1) is 0 Å². The van der Waals surface area contributed by atoms with Gasteiger partial charge in [-0.2, -0.15) is 5.10 Å². The third kappa shape index (κ3) is 1.74. The lowest BCUT2D eigenvalue weighted by atomic mass is 10.4. The molecule has 0 spiro atoms. The zero-order chi connectivity index (χ0) is 10.8. The summed E-state index contributed by atoms with van der Waals surface area (Å²) in [5.74, 6) is 0.254. The van der Waals surface area contributed by atoms with Crippen molar-refractivity contribution < 1.29 is 9.53 Å². The van der Waals surface area contributed by atoms with Crippen LogP contribution in [0.4, 0.5) is 0 Å². The Morgan fingerprint density at radius 1 is 1.47 bits per heavy atom. The van der Waals surface area contributed by atoms with Gasteiger partial charge in [-0.1, -0.05) is 0 Å². The highest BCUT2D eigenvalue weighted by Crippen LogP contribution is 2.05. The molecule has 0 N–H and O–H groups in total. The Hall–Kier alpha value is -2.11. The average Bonchev–Trinajstić information content (AvgIpc) is 2.84. The molecule has 2 aromatic heterocycles. The van der Waals surface area contributed by atoms with E-state index in [1.165, 1.54) is 18.0 Å². The van der Waals surface area contributed by atoms with Gasteiger partial charge in [0.2, 0.25) is 0 Å². The highest BCUT2D eigenvalue weighted by molar-refractivity contribution is 5.88. The van der Waals surface area contributed by atoms with E-state index in [2.05, 4.69) is 14.8 Å². The van der Waals surface area contributed by atoms with Gasteiger partial charge >= 0.3 is 5.97 Å². The van der Waals surface area contributed by atoms with Gasteiger partial charge in [0, 0.05) is 19.4 Å². The number of imidazole rings is 1. The molecule has 15 heavy (non-hydrogen) atoms. The van der Waals surface area contributed by atoms with Gasteiger partial charge < -0.3 is 9.30 Å². The fourth-order valence-electron chi connectivity index (χ4n) is 1.19. The lowest BCUT2D eigenvalue weighted by Crippen LogP contribution is -1.99. The highest BCUT2D eigenvalue weighted by atomic mass is 16.5. The summed E-state index contributed by atoms with van der Waals surface area (Å²) in [7, 11) is 3.20. The molecule has 0 aromatic carbocycles. The van der Waals surface area contributed by atoms with Crippen molar-refractivity contribution >= 4 is 5.97 Å². The lowest BCUT2D eigenvalue weighted by Gasteiger charge is -1.93. The lowest BCUT2D eigenvalue weighted by molar-refractivity contribution is 0.0600. The average molecular weight is 206 g/mol. The number of ether oxygens (including phenoxy) is 1. The summed E-state index contributed by atoms with van der Waals surface area (Å²) in [4.78, 5) is 15.3. The largest absolute Gasteiger partial charge is 0.465 e. The monoisotopic (exact) mass is 206 g/mol. The Morgan fingerprint density at radius 3 is 2.87 bits per heavy atom. The van der Waals surface area contributed by atoms with Gasteiger partial charge in [-0.3, -0.25) is 0 Å². The SMILES string of the molecule is COC(=O)c1cnn(-c2cn(C)cn2)c1. The molecule has 0 unspecified atom stereocenters. The maximum absolute atomic E-state index is 11.2. The number of aryl methyl sites for hydroxylation is 1. The minimum Gasteiger partial charge on any atom is -0.465 e. The number of hydrogen-bond acceptors (Lipinski definition) is 4. The minimum atomic E-state index is -0.405. The van der Waals surface area contributed by atoms with Gasteiger partial charge in [0.1, 0.15) is 0 Å². The number of nitrogens with zero attached hydrogens (tertiary/aromatic N) is 4. The van der Waals surface area contributed by atoms with E-state index in [1.807, 2.05) is 7.05 Å². The molecule has 0 amide bonds. The van der Waals surface area contributed by atoms with Gasteiger partial charge in [-0.15, -0.1) is 0 Å². The van der Waals surface area contributed by atoms with Crippen LogP contribution in [0.2, 0.25) is 0 Å². The van der Waals surface area contributed by atoms with Crippen molar-refractivity contribution in [3.8, 4) is 5.82 Å². The second kappa shape index (κ2) is 3.56. The summed E-state index contributed by atoms with van der Waals surface area (Å²) in [6.45, 7) is 0. The number of esters is 1. The van der Waals surface area contributed by atoms with Crippen LogP contribution >= 0.6 is 0 Å². The van der Waals surface area contributed by atoms with Crippen molar-refractivity contribution in [2.45, 2.75) is 0 Å². The van der Waals surface area contributed by atoms with Crippen LogP contribution < -0.4 is 0 Å². The Bertz CT molecular complexity index is 486. The van der Waals surface area contributed by atoms with Crippen molar-refractivity contribution in [1.82, 2.24) is 19.3 Å². The molecule has 6 nitrogen and oxygen atoms in total. The fourth-order valence-corrected chi connectivity index (χ4v) is 1.19. The predicted octanol–water partition coefficient (Wildman–Crippen LogP) is 0.392. The first-order valence-corrected chi connectivity index (χ1v) is 4.32. The van der Waals surface area contributed by atoms with Crippen LogP contribution in [0.1, 0.15) is 10.4 Å². The molecule has 0 bridgehead atoms. The minimum absolute atomic E-state index is 0.405. The second-order valence-corrected chi connectivity index (χ2v) is 3.06. The Kier molecular flexibility index (Phi) is 2.24. The van der Waals surface area contributed by atoms with Crippen LogP contribution in [0.5, 0.6) is 0 Å². The topological polar surface area (TPSA) is 61.9 Å². The Labute approximate surface area is 86.1 Å². The van der Waals surface area contributed by atoms with Gasteiger partial charge in [-0.05, 0) is 0 Å². The zero-order valence-electron chi connectivity index (χ0n) is 8.41. The first kappa shape index (κ1) is 9.45. The molecule has 2 rings (SSSR count). The van der Waals surface area contributed by atoms with Gasteiger partial charge in [0.05, 0.1) is 25.2 Å². The normalized spacial score (nSPS) is 10.3. The number of carbonyl (C=O) groups excluding carboxylic acids is 1. The van der Waals surface area contributed by atoms with E-state index in [9.17, 15) is 4.79 Å². The van der Waals surface area contributed by atoms with E-state index in [0.29, 0.717) is 11.4 Å². The molecule has 2 aromatic rings. The van der Waals surface area contributed by atoms with E-state index in [0.717, 1.165) is 0 Å². The van der Waals surface area contributed by atoms with Crippen molar-refractivity contribution in [1.29, 1.82) is 0 Å². The number of hydrogen-bond donors (Lipinski definition) is 0. The van der Waals surface area contributed by atoms with E-state index >= 15 is 0 Å². The number of aromatic nitrogens is 4. The van der Waals surface area contributed by atoms with Crippen molar-refractivity contribution in [2.75, 3.05) is 7.11 Å². The maximum atomic E-state index is 11.2. The molecule has 0 aliphatic rings. The number of carbonyl (C=O) groups is 1. The number of rotatable bonds is 2. The van der Waals surface area contributed by atoms with Crippen molar-refractivity contribution in [2.24, 2.45) is 7.05 Å². The van der Waals surface area contributed by atoms with E-state index in [1.54, 1.807) is 23.3 Å². The third-order valence-corrected chi connectivity index (χ3v) is 1.93. The van der Waals surface area contributed by atoms with Crippen LogP contribution in [0.15, 0.2) is 24.9 Å². The van der Waals surface area contributed by atoms with E-state index in [4.69, 9.17) is 0 Å². The zero-order valence-corrected chi connectivity index (χ0v) is 8.41. The van der Waals surface area contributed by atoms with Crippen LogP contribution in [-0.4, -0.2) is 32.4 Å². The summed E-state index contributed by atoms with van der Waals surface area (Å²) in [6.07, 6.45) is 6.48. The van der Waals surface area contributed by atoms with E-state index in [-0.39, 0.29) is 0 Å².